The van der Waals surface area contributed by atoms with Gasteiger partial charge in [-0.05, 0) is 30.3 Å². The van der Waals surface area contributed by atoms with Crippen LogP contribution < -0.4 is 15.0 Å². The van der Waals surface area contributed by atoms with E-state index in [9.17, 15) is 9.18 Å². The molecular weight excluding hydrogens is 381 g/mol. The Morgan fingerprint density at radius 1 is 1.11 bits per heavy atom. The number of methoxy groups -OCH3 is 2. The van der Waals surface area contributed by atoms with Gasteiger partial charge in [0.1, 0.15) is 10.8 Å². The van der Waals surface area contributed by atoms with Gasteiger partial charge in [0.25, 0.3) is 5.56 Å². The molecule has 6 nitrogen and oxygen atoms in total. The highest BCUT2D eigenvalue weighted by Crippen LogP contribution is 2.33. The highest BCUT2D eigenvalue weighted by molar-refractivity contribution is 7.13. The fourth-order valence-electron chi connectivity index (χ4n) is 2.90. The number of nitrogens with zero attached hydrogens (tertiary/aromatic N) is 3. The molecule has 0 amide bonds. The van der Waals surface area contributed by atoms with E-state index in [0.29, 0.717) is 22.4 Å². The van der Waals surface area contributed by atoms with Crippen molar-refractivity contribution in [1.29, 1.82) is 0 Å². The molecule has 0 aliphatic rings. The average molecular weight is 397 g/mol. The van der Waals surface area contributed by atoms with Crippen molar-refractivity contribution in [3.05, 3.63) is 70.0 Å². The Morgan fingerprint density at radius 2 is 1.93 bits per heavy atom. The van der Waals surface area contributed by atoms with Crippen molar-refractivity contribution in [3.8, 4) is 22.1 Å². The normalized spacial score (nSPS) is 11.0. The molecule has 2 aromatic heterocycles. The molecule has 0 atom stereocenters. The van der Waals surface area contributed by atoms with E-state index in [1.807, 2.05) is 23.6 Å². The molecule has 0 radical (unpaired) electrons. The summed E-state index contributed by atoms with van der Waals surface area (Å²) in [5.41, 5.74) is 1.74. The first kappa shape index (κ1) is 18.1. The van der Waals surface area contributed by atoms with Gasteiger partial charge in [0.05, 0.1) is 43.7 Å². The Morgan fingerprint density at radius 3 is 2.71 bits per heavy atom. The van der Waals surface area contributed by atoms with Gasteiger partial charge in [0.2, 0.25) is 0 Å². The molecule has 2 aromatic carbocycles. The lowest BCUT2D eigenvalue weighted by molar-refractivity contribution is 0.355. The van der Waals surface area contributed by atoms with Crippen LogP contribution in [-0.2, 0) is 6.54 Å². The number of fused-ring (bicyclic) bond motifs is 1. The lowest BCUT2D eigenvalue weighted by Gasteiger charge is -2.08. The fraction of sp³-hybridized carbons (Fsp3) is 0.150. The molecule has 0 N–H and O–H groups in total. The highest BCUT2D eigenvalue weighted by Gasteiger charge is 2.11. The van der Waals surface area contributed by atoms with Crippen LogP contribution in [0.15, 0.2) is 52.9 Å². The molecular formula is C20H16FN3O3S. The minimum atomic E-state index is -0.420. The smallest absolute Gasteiger partial charge is 0.261 e. The van der Waals surface area contributed by atoms with E-state index in [0.717, 1.165) is 16.3 Å². The van der Waals surface area contributed by atoms with E-state index in [-0.39, 0.29) is 12.1 Å². The van der Waals surface area contributed by atoms with Gasteiger partial charge in [-0.3, -0.25) is 9.36 Å². The average Bonchev–Trinajstić information content (AvgIpc) is 3.18. The number of rotatable bonds is 5. The summed E-state index contributed by atoms with van der Waals surface area (Å²) in [6.45, 7) is 0.281. The number of hydrogen-bond acceptors (Lipinski definition) is 6. The second kappa shape index (κ2) is 7.40. The summed E-state index contributed by atoms with van der Waals surface area (Å²) < 4.78 is 25.4. The number of ether oxygens (including phenoxy) is 2. The van der Waals surface area contributed by atoms with Crippen LogP contribution in [0.25, 0.3) is 21.5 Å². The third-order valence-electron chi connectivity index (χ3n) is 4.30. The predicted molar refractivity (Wildman–Crippen MR) is 106 cm³/mol. The Kier molecular flexibility index (Phi) is 4.79. The van der Waals surface area contributed by atoms with Gasteiger partial charge in [-0.15, -0.1) is 11.3 Å². The molecule has 28 heavy (non-hydrogen) atoms. The predicted octanol–water partition coefficient (Wildman–Crippen LogP) is 3.72. The summed E-state index contributed by atoms with van der Waals surface area (Å²) in [6.07, 6.45) is 1.42. The third kappa shape index (κ3) is 3.34. The second-order valence-corrected chi connectivity index (χ2v) is 6.91. The largest absolute Gasteiger partial charge is 0.493 e. The molecule has 8 heteroatoms. The zero-order chi connectivity index (χ0) is 19.7. The summed E-state index contributed by atoms with van der Waals surface area (Å²) in [7, 11) is 3.17. The first-order chi connectivity index (χ1) is 13.6. The van der Waals surface area contributed by atoms with Crippen molar-refractivity contribution in [3.63, 3.8) is 0 Å². The van der Waals surface area contributed by atoms with Gasteiger partial charge in [0, 0.05) is 17.0 Å². The molecule has 0 unspecified atom stereocenters. The molecule has 4 aromatic rings. The SMILES string of the molecule is COc1ccc(-c2nc(Cn3cnc4cc(F)ccc4c3=O)cs2)cc1OC. The van der Waals surface area contributed by atoms with Crippen LogP contribution in [0.1, 0.15) is 5.69 Å². The van der Waals surface area contributed by atoms with Crippen molar-refractivity contribution < 1.29 is 13.9 Å². The Labute approximate surface area is 163 Å². The minimum Gasteiger partial charge on any atom is -0.493 e. The van der Waals surface area contributed by atoms with Crippen LogP contribution in [0.5, 0.6) is 11.5 Å². The summed E-state index contributed by atoms with van der Waals surface area (Å²) in [5, 5.41) is 3.08. The van der Waals surface area contributed by atoms with E-state index in [1.54, 1.807) is 14.2 Å². The van der Waals surface area contributed by atoms with Crippen molar-refractivity contribution in [2.24, 2.45) is 0 Å². The van der Waals surface area contributed by atoms with E-state index in [2.05, 4.69) is 9.97 Å². The first-order valence-electron chi connectivity index (χ1n) is 8.40. The lowest BCUT2D eigenvalue weighted by Crippen LogP contribution is -2.21. The van der Waals surface area contributed by atoms with Crippen molar-refractivity contribution >= 4 is 22.2 Å². The third-order valence-corrected chi connectivity index (χ3v) is 5.24. The van der Waals surface area contributed by atoms with Gasteiger partial charge in [0.15, 0.2) is 11.5 Å². The number of aromatic nitrogens is 3. The maximum absolute atomic E-state index is 13.3. The molecule has 0 bridgehead atoms. The van der Waals surface area contributed by atoms with Crippen LogP contribution in [-0.4, -0.2) is 28.8 Å². The number of benzene rings is 2. The lowest BCUT2D eigenvalue weighted by atomic mass is 10.2. The summed E-state index contributed by atoms with van der Waals surface area (Å²) in [5.74, 6) is 0.850. The van der Waals surface area contributed by atoms with Crippen LogP contribution in [0.3, 0.4) is 0 Å². The van der Waals surface area contributed by atoms with E-state index in [1.165, 1.54) is 40.4 Å². The van der Waals surface area contributed by atoms with Gasteiger partial charge in [-0.1, -0.05) is 0 Å². The maximum atomic E-state index is 13.3. The monoisotopic (exact) mass is 397 g/mol. The topological polar surface area (TPSA) is 66.2 Å². The summed E-state index contributed by atoms with van der Waals surface area (Å²) in [6, 6.07) is 9.55. The van der Waals surface area contributed by atoms with Gasteiger partial charge in [-0.25, -0.2) is 14.4 Å². The second-order valence-electron chi connectivity index (χ2n) is 6.05. The van der Waals surface area contributed by atoms with Crippen LogP contribution in [0, 0.1) is 5.82 Å². The van der Waals surface area contributed by atoms with Crippen LogP contribution in [0.4, 0.5) is 4.39 Å². The molecule has 0 saturated carbocycles. The molecule has 4 rings (SSSR count). The Bertz CT molecular complexity index is 1220. The van der Waals surface area contributed by atoms with Crippen LogP contribution >= 0.6 is 11.3 Å². The summed E-state index contributed by atoms with van der Waals surface area (Å²) in [4.78, 5) is 21.4. The Balaban J connectivity index is 1.64. The summed E-state index contributed by atoms with van der Waals surface area (Å²) >= 11 is 1.47. The molecule has 0 spiro atoms. The number of thiazole rings is 1. The zero-order valence-corrected chi connectivity index (χ0v) is 16.0. The fourth-order valence-corrected chi connectivity index (χ4v) is 3.71. The molecule has 0 aliphatic carbocycles. The molecule has 2 heterocycles. The standard InChI is InChI=1S/C20H16FN3O3S/c1-26-17-6-3-12(7-18(17)27-2)19-23-14(10-28-19)9-24-11-22-16-8-13(21)4-5-15(16)20(24)25/h3-8,10-11H,9H2,1-2H3. The molecule has 0 fully saturated rings. The Hall–Kier alpha value is -3.26. The van der Waals surface area contributed by atoms with Gasteiger partial charge in [-0.2, -0.15) is 0 Å². The highest BCUT2D eigenvalue weighted by atomic mass is 32.1. The van der Waals surface area contributed by atoms with Crippen molar-refractivity contribution in [2.45, 2.75) is 6.54 Å². The number of halogens is 1. The van der Waals surface area contributed by atoms with Gasteiger partial charge >= 0.3 is 0 Å². The van der Waals surface area contributed by atoms with E-state index >= 15 is 0 Å². The number of hydrogen-bond donors (Lipinski definition) is 0. The zero-order valence-electron chi connectivity index (χ0n) is 15.2. The first-order valence-corrected chi connectivity index (χ1v) is 9.28. The molecule has 0 aliphatic heterocycles. The van der Waals surface area contributed by atoms with Crippen molar-refractivity contribution in [1.82, 2.24) is 14.5 Å². The van der Waals surface area contributed by atoms with Gasteiger partial charge < -0.3 is 9.47 Å². The van der Waals surface area contributed by atoms with E-state index < -0.39 is 5.82 Å². The van der Waals surface area contributed by atoms with Crippen LogP contribution in [0.2, 0.25) is 0 Å². The quantitative estimate of drug-likeness (QED) is 0.513. The minimum absolute atomic E-state index is 0.231. The molecule has 0 saturated heterocycles. The molecule has 142 valence electrons. The van der Waals surface area contributed by atoms with E-state index in [4.69, 9.17) is 9.47 Å². The maximum Gasteiger partial charge on any atom is 0.261 e. The van der Waals surface area contributed by atoms with Crippen molar-refractivity contribution in [2.75, 3.05) is 14.2 Å².